The van der Waals surface area contributed by atoms with E-state index in [1.807, 2.05) is 66.1 Å². The Morgan fingerprint density at radius 1 is 1.07 bits per heavy atom. The zero-order chi connectivity index (χ0) is 29.7. The highest BCUT2D eigenvalue weighted by Gasteiger charge is 2.49. The standard InChI is InChI=1S/C33H43N3O5/c1-21-17-28(39-7)25(23-11-15-36(29(21)23)31(38)41-32(2,3)4)20-35-16-14-33(12-13-33)19-27(35)24-10-9-22(30(37)40-8)18-26(24)34(5)6/h9-11,15,17-18,27H,12-14,16,19-20H2,1-8H3. The maximum atomic E-state index is 13.1. The summed E-state index contributed by atoms with van der Waals surface area (Å²) in [5, 5.41) is 0.993. The average Bonchev–Trinajstić information content (AvgIpc) is 3.51. The first-order valence-electron chi connectivity index (χ1n) is 14.4. The number of carbonyl (C=O) groups excluding carboxylic acids is 2. The van der Waals surface area contributed by atoms with E-state index in [0.29, 0.717) is 17.5 Å². The lowest BCUT2D eigenvalue weighted by molar-refractivity contribution is 0.0542. The average molecular weight is 562 g/mol. The number of aromatic nitrogens is 1. The molecule has 0 N–H and O–H groups in total. The smallest absolute Gasteiger partial charge is 0.419 e. The van der Waals surface area contributed by atoms with Crippen molar-refractivity contribution in [3.05, 3.63) is 58.8 Å². The summed E-state index contributed by atoms with van der Waals surface area (Å²) in [5.74, 6) is 0.483. The van der Waals surface area contributed by atoms with Gasteiger partial charge in [0.2, 0.25) is 0 Å². The number of fused-ring (bicyclic) bond motifs is 1. The number of hydrogen-bond donors (Lipinski definition) is 0. The van der Waals surface area contributed by atoms with Gasteiger partial charge in [0.05, 0.1) is 25.3 Å². The molecule has 2 fully saturated rings. The van der Waals surface area contributed by atoms with E-state index in [0.717, 1.165) is 52.9 Å². The Morgan fingerprint density at radius 2 is 1.80 bits per heavy atom. The van der Waals surface area contributed by atoms with Gasteiger partial charge in [-0.3, -0.25) is 9.47 Å². The molecule has 1 atom stereocenters. The molecule has 1 aliphatic heterocycles. The molecule has 1 aromatic heterocycles. The monoisotopic (exact) mass is 561 g/mol. The molecule has 5 rings (SSSR count). The quantitative estimate of drug-likeness (QED) is 0.310. The number of anilines is 1. The highest BCUT2D eigenvalue weighted by atomic mass is 16.6. The van der Waals surface area contributed by atoms with Gasteiger partial charge in [-0.1, -0.05) is 6.07 Å². The van der Waals surface area contributed by atoms with Crippen molar-refractivity contribution < 1.29 is 23.8 Å². The molecule has 0 radical (unpaired) electrons. The fraction of sp³-hybridized carbons (Fsp3) is 0.515. The number of ether oxygens (including phenoxy) is 3. The van der Waals surface area contributed by atoms with E-state index in [1.165, 1.54) is 25.5 Å². The van der Waals surface area contributed by atoms with Crippen LogP contribution >= 0.6 is 0 Å². The second kappa shape index (κ2) is 10.7. The molecule has 0 bridgehead atoms. The zero-order valence-corrected chi connectivity index (χ0v) is 25.7. The largest absolute Gasteiger partial charge is 0.496 e. The van der Waals surface area contributed by atoms with E-state index >= 15 is 0 Å². The third-order valence-electron chi connectivity index (χ3n) is 8.65. The van der Waals surface area contributed by atoms with Crippen molar-refractivity contribution in [1.29, 1.82) is 0 Å². The van der Waals surface area contributed by atoms with Crippen molar-refractivity contribution in [2.24, 2.45) is 5.41 Å². The summed E-state index contributed by atoms with van der Waals surface area (Å²) in [7, 11) is 7.16. The number of rotatable bonds is 6. The first-order valence-corrected chi connectivity index (χ1v) is 14.4. The van der Waals surface area contributed by atoms with Crippen LogP contribution in [0.2, 0.25) is 0 Å². The molecule has 1 saturated heterocycles. The van der Waals surface area contributed by atoms with Gasteiger partial charge in [-0.05, 0) is 101 Å². The van der Waals surface area contributed by atoms with Crippen LogP contribution in [0.3, 0.4) is 0 Å². The van der Waals surface area contributed by atoms with Crippen LogP contribution in [-0.4, -0.2) is 62.0 Å². The van der Waals surface area contributed by atoms with Crippen LogP contribution in [0.1, 0.15) is 79.5 Å². The fourth-order valence-electron chi connectivity index (χ4n) is 6.34. The summed E-state index contributed by atoms with van der Waals surface area (Å²) in [4.78, 5) is 30.1. The summed E-state index contributed by atoms with van der Waals surface area (Å²) >= 11 is 0. The van der Waals surface area contributed by atoms with Gasteiger partial charge >= 0.3 is 12.1 Å². The highest BCUT2D eigenvalue weighted by Crippen LogP contribution is 2.59. The molecule has 1 aliphatic carbocycles. The molecule has 41 heavy (non-hydrogen) atoms. The Labute approximate surface area is 243 Å². The van der Waals surface area contributed by atoms with Crippen molar-refractivity contribution in [3.8, 4) is 5.75 Å². The molecular weight excluding hydrogens is 518 g/mol. The predicted molar refractivity (Wildman–Crippen MR) is 161 cm³/mol. The van der Waals surface area contributed by atoms with Crippen molar-refractivity contribution in [1.82, 2.24) is 9.47 Å². The molecule has 220 valence electrons. The molecule has 1 unspecified atom stereocenters. The Balaban J connectivity index is 1.57. The number of benzene rings is 2. The van der Waals surface area contributed by atoms with Gasteiger partial charge in [-0.25, -0.2) is 9.59 Å². The topological polar surface area (TPSA) is 73.2 Å². The minimum Gasteiger partial charge on any atom is -0.496 e. The van der Waals surface area contributed by atoms with Crippen LogP contribution in [0.15, 0.2) is 36.5 Å². The summed E-state index contributed by atoms with van der Waals surface area (Å²) in [6.45, 7) is 9.26. The van der Waals surface area contributed by atoms with Gasteiger partial charge in [0.15, 0.2) is 0 Å². The van der Waals surface area contributed by atoms with Gasteiger partial charge < -0.3 is 19.1 Å². The second-order valence-corrected chi connectivity index (χ2v) is 12.9. The van der Waals surface area contributed by atoms with Gasteiger partial charge in [0, 0.05) is 49.5 Å². The third-order valence-corrected chi connectivity index (χ3v) is 8.65. The Morgan fingerprint density at radius 3 is 2.41 bits per heavy atom. The summed E-state index contributed by atoms with van der Waals surface area (Å²) in [6, 6.07) is 10.1. The minimum atomic E-state index is -0.593. The lowest BCUT2D eigenvalue weighted by Gasteiger charge is -2.42. The van der Waals surface area contributed by atoms with E-state index in [1.54, 1.807) is 17.9 Å². The molecule has 8 heteroatoms. The van der Waals surface area contributed by atoms with Crippen LogP contribution in [-0.2, 0) is 16.0 Å². The van der Waals surface area contributed by atoms with Gasteiger partial charge in [-0.2, -0.15) is 0 Å². The van der Waals surface area contributed by atoms with Crippen molar-refractivity contribution in [2.45, 2.75) is 71.6 Å². The van der Waals surface area contributed by atoms with E-state index in [2.05, 4.69) is 15.9 Å². The van der Waals surface area contributed by atoms with E-state index in [-0.39, 0.29) is 18.1 Å². The van der Waals surface area contributed by atoms with E-state index < -0.39 is 5.60 Å². The van der Waals surface area contributed by atoms with Crippen LogP contribution in [0, 0.1) is 12.3 Å². The number of likely N-dealkylation sites (tertiary alicyclic amines) is 1. The number of nitrogens with zero attached hydrogens (tertiary/aromatic N) is 3. The van der Waals surface area contributed by atoms with Gasteiger partial charge in [0.1, 0.15) is 11.4 Å². The lowest BCUT2D eigenvalue weighted by atomic mass is 9.83. The minimum absolute atomic E-state index is 0.171. The fourth-order valence-corrected chi connectivity index (χ4v) is 6.34. The van der Waals surface area contributed by atoms with Crippen LogP contribution in [0.4, 0.5) is 10.5 Å². The molecule has 8 nitrogen and oxygen atoms in total. The molecular formula is C33H43N3O5. The number of esters is 1. The van der Waals surface area contributed by atoms with Crippen LogP contribution < -0.4 is 9.64 Å². The summed E-state index contributed by atoms with van der Waals surface area (Å²) < 4.78 is 18.3. The van der Waals surface area contributed by atoms with Gasteiger partial charge in [0.25, 0.3) is 0 Å². The molecule has 1 saturated carbocycles. The van der Waals surface area contributed by atoms with E-state index in [4.69, 9.17) is 14.2 Å². The summed E-state index contributed by atoms with van der Waals surface area (Å²) in [5.41, 5.74) is 5.46. The Hall–Kier alpha value is -3.52. The lowest BCUT2D eigenvalue weighted by Crippen LogP contribution is -2.38. The summed E-state index contributed by atoms with van der Waals surface area (Å²) in [6.07, 6.45) is 6.19. The highest BCUT2D eigenvalue weighted by molar-refractivity contribution is 5.95. The van der Waals surface area contributed by atoms with Crippen LogP contribution in [0.5, 0.6) is 5.75 Å². The van der Waals surface area contributed by atoms with Crippen molar-refractivity contribution in [2.75, 3.05) is 39.8 Å². The Bertz CT molecular complexity index is 1480. The number of piperidine rings is 1. The molecule has 3 aromatic rings. The molecule has 2 aliphatic rings. The van der Waals surface area contributed by atoms with Crippen molar-refractivity contribution >= 4 is 28.7 Å². The number of carbonyl (C=O) groups is 2. The second-order valence-electron chi connectivity index (χ2n) is 12.9. The zero-order valence-electron chi connectivity index (χ0n) is 25.7. The van der Waals surface area contributed by atoms with Crippen molar-refractivity contribution in [3.63, 3.8) is 0 Å². The third kappa shape index (κ3) is 5.67. The molecule has 0 amide bonds. The predicted octanol–water partition coefficient (Wildman–Crippen LogP) is 6.71. The molecule has 2 aromatic carbocycles. The maximum absolute atomic E-state index is 13.1. The first-order chi connectivity index (χ1) is 19.4. The molecule has 1 spiro atoms. The van der Waals surface area contributed by atoms with Crippen LogP contribution in [0.25, 0.3) is 10.9 Å². The number of hydrogen-bond acceptors (Lipinski definition) is 7. The number of aryl methyl sites for hydroxylation is 1. The maximum Gasteiger partial charge on any atom is 0.419 e. The normalized spacial score (nSPS) is 18.4. The van der Waals surface area contributed by atoms with Gasteiger partial charge in [-0.15, -0.1) is 0 Å². The first kappa shape index (κ1) is 29.0. The van der Waals surface area contributed by atoms with E-state index in [9.17, 15) is 9.59 Å². The Kier molecular flexibility index (Phi) is 7.57. The number of methoxy groups -OCH3 is 2. The molecule has 2 heterocycles. The SMILES string of the molecule is COC(=O)c1ccc(C2CC3(CCN2Cc2c(OC)cc(C)c4c2ccn4C(=O)OC(C)(C)C)CC3)c(N(C)C)c1.